The molecule has 0 spiro atoms. The summed E-state index contributed by atoms with van der Waals surface area (Å²) in [6, 6.07) is 6.46. The van der Waals surface area contributed by atoms with Gasteiger partial charge in [0, 0.05) is 0 Å². The molecule has 0 fully saturated rings. The molecule has 0 heterocycles. The van der Waals surface area contributed by atoms with E-state index in [9.17, 15) is 0 Å². The van der Waals surface area contributed by atoms with Gasteiger partial charge in [0.1, 0.15) is 5.75 Å². The van der Waals surface area contributed by atoms with Crippen molar-refractivity contribution in [2.75, 3.05) is 20.2 Å². The number of methoxy groups -OCH3 is 1. The van der Waals surface area contributed by atoms with Crippen molar-refractivity contribution < 1.29 is 4.74 Å². The van der Waals surface area contributed by atoms with Gasteiger partial charge in [0.15, 0.2) is 0 Å². The molecule has 0 aliphatic heterocycles. The lowest BCUT2D eigenvalue weighted by molar-refractivity contribution is 0.298. The predicted molar refractivity (Wildman–Crippen MR) is 92.2 cm³/mol. The summed E-state index contributed by atoms with van der Waals surface area (Å²) in [7, 11) is 1.76. The fraction of sp³-hybridized carbons (Fsp3) is 0.684. The van der Waals surface area contributed by atoms with Crippen molar-refractivity contribution in [2.45, 2.75) is 53.9 Å². The molecule has 0 aliphatic carbocycles. The van der Waals surface area contributed by atoms with Crippen LogP contribution in [0, 0.1) is 18.3 Å². The van der Waals surface area contributed by atoms with Crippen LogP contribution in [0.2, 0.25) is 0 Å². The van der Waals surface area contributed by atoms with E-state index in [-0.39, 0.29) is 0 Å². The summed E-state index contributed by atoms with van der Waals surface area (Å²) < 4.78 is 5.48. The maximum Gasteiger partial charge on any atom is 0.122 e. The van der Waals surface area contributed by atoms with E-state index in [1.54, 1.807) is 7.11 Å². The average molecular weight is 291 g/mol. The van der Waals surface area contributed by atoms with E-state index in [1.807, 2.05) is 0 Å². The van der Waals surface area contributed by atoms with E-state index in [0.717, 1.165) is 31.2 Å². The van der Waals surface area contributed by atoms with Gasteiger partial charge in [0.25, 0.3) is 0 Å². The summed E-state index contributed by atoms with van der Waals surface area (Å²) in [4.78, 5) is 0. The first-order valence-electron chi connectivity index (χ1n) is 8.18. The smallest absolute Gasteiger partial charge is 0.122 e. The number of rotatable bonds is 9. The molecule has 1 N–H and O–H groups in total. The van der Waals surface area contributed by atoms with Gasteiger partial charge >= 0.3 is 0 Å². The van der Waals surface area contributed by atoms with Crippen molar-refractivity contribution in [1.29, 1.82) is 0 Å². The summed E-state index contributed by atoms with van der Waals surface area (Å²) in [5.74, 6) is 1.75. The Morgan fingerprint density at radius 1 is 1.19 bits per heavy atom. The molecule has 0 unspecified atom stereocenters. The molecule has 0 saturated carbocycles. The molecule has 2 heteroatoms. The van der Waals surface area contributed by atoms with Crippen molar-refractivity contribution >= 4 is 0 Å². The van der Waals surface area contributed by atoms with Crippen LogP contribution in [0.1, 0.15) is 51.7 Å². The topological polar surface area (TPSA) is 21.3 Å². The summed E-state index contributed by atoms with van der Waals surface area (Å²) in [5, 5.41) is 3.55. The first-order valence-corrected chi connectivity index (χ1v) is 8.18. The van der Waals surface area contributed by atoms with Crippen molar-refractivity contribution in [1.82, 2.24) is 5.32 Å². The number of benzene rings is 1. The molecule has 0 saturated heterocycles. The highest BCUT2D eigenvalue weighted by Crippen LogP contribution is 2.29. The molecule has 0 bridgehead atoms. The maximum absolute atomic E-state index is 5.48. The zero-order valence-corrected chi connectivity index (χ0v) is 14.8. The lowest BCUT2D eigenvalue weighted by Gasteiger charge is -2.25. The van der Waals surface area contributed by atoms with Gasteiger partial charge in [0.05, 0.1) is 7.11 Å². The second-order valence-corrected chi connectivity index (χ2v) is 7.33. The lowest BCUT2D eigenvalue weighted by atomic mass is 9.83. The highest BCUT2D eigenvalue weighted by Gasteiger charge is 2.18. The molecule has 1 aromatic carbocycles. The van der Waals surface area contributed by atoms with E-state index in [1.165, 1.54) is 24.0 Å². The Hall–Kier alpha value is -1.02. The fourth-order valence-corrected chi connectivity index (χ4v) is 2.52. The number of hydrogen-bond donors (Lipinski definition) is 1. The van der Waals surface area contributed by atoms with Crippen LogP contribution in [0.15, 0.2) is 18.2 Å². The van der Waals surface area contributed by atoms with Crippen LogP contribution in [0.5, 0.6) is 5.75 Å². The van der Waals surface area contributed by atoms with Gasteiger partial charge < -0.3 is 10.1 Å². The molecule has 1 rings (SSSR count). The van der Waals surface area contributed by atoms with Gasteiger partial charge in [-0.1, -0.05) is 45.4 Å². The molecule has 0 aliphatic rings. The predicted octanol–water partition coefficient (Wildman–Crippen LogP) is 4.60. The highest BCUT2D eigenvalue weighted by atomic mass is 16.5. The minimum Gasteiger partial charge on any atom is -0.496 e. The number of nitrogens with one attached hydrogen (secondary N) is 1. The molecule has 0 atom stereocenters. The zero-order valence-electron chi connectivity index (χ0n) is 14.8. The van der Waals surface area contributed by atoms with Gasteiger partial charge in [0.2, 0.25) is 0 Å². The largest absolute Gasteiger partial charge is 0.496 e. The molecule has 1 aromatic rings. The second kappa shape index (κ2) is 8.43. The van der Waals surface area contributed by atoms with Gasteiger partial charge in [-0.2, -0.15) is 0 Å². The van der Waals surface area contributed by atoms with E-state index in [2.05, 4.69) is 58.1 Å². The third-order valence-electron chi connectivity index (χ3n) is 4.04. The summed E-state index contributed by atoms with van der Waals surface area (Å²) in [6.45, 7) is 13.6. The normalized spacial score (nSPS) is 12.0. The van der Waals surface area contributed by atoms with Crippen LogP contribution >= 0.6 is 0 Å². The van der Waals surface area contributed by atoms with E-state index < -0.39 is 0 Å². The standard InChI is InChI=1S/C19H33NO/c1-15(2)14-20-12-11-19(4,5)10-9-17-13-16(3)7-8-18(17)21-6/h7-8,13,15,20H,9-12,14H2,1-6H3. The van der Waals surface area contributed by atoms with Gasteiger partial charge in [-0.25, -0.2) is 0 Å². The fourth-order valence-electron chi connectivity index (χ4n) is 2.52. The van der Waals surface area contributed by atoms with Crippen LogP contribution in [0.4, 0.5) is 0 Å². The van der Waals surface area contributed by atoms with Crippen molar-refractivity contribution in [3.63, 3.8) is 0 Å². The minimum absolute atomic E-state index is 0.360. The molecule has 2 nitrogen and oxygen atoms in total. The SMILES string of the molecule is COc1ccc(C)cc1CCC(C)(C)CCNCC(C)C. The zero-order chi connectivity index (χ0) is 15.9. The van der Waals surface area contributed by atoms with Gasteiger partial charge in [-0.3, -0.25) is 0 Å². The van der Waals surface area contributed by atoms with Crippen molar-refractivity contribution in [3.8, 4) is 5.75 Å². The quantitative estimate of drug-likeness (QED) is 0.671. The third kappa shape index (κ3) is 6.99. The Balaban J connectivity index is 2.47. The molecular weight excluding hydrogens is 258 g/mol. The third-order valence-corrected chi connectivity index (χ3v) is 4.04. The number of ether oxygens (including phenoxy) is 1. The molecular formula is C19H33NO. The molecule has 21 heavy (non-hydrogen) atoms. The van der Waals surface area contributed by atoms with Crippen LogP contribution in [-0.2, 0) is 6.42 Å². The minimum atomic E-state index is 0.360. The Kier molecular flexibility index (Phi) is 7.24. The Labute approximate surface area is 131 Å². The first kappa shape index (κ1) is 18.0. The van der Waals surface area contributed by atoms with Crippen LogP contribution in [0.25, 0.3) is 0 Å². The van der Waals surface area contributed by atoms with Crippen LogP contribution in [0.3, 0.4) is 0 Å². The first-order chi connectivity index (χ1) is 9.84. The lowest BCUT2D eigenvalue weighted by Crippen LogP contribution is -2.25. The Morgan fingerprint density at radius 3 is 2.52 bits per heavy atom. The maximum atomic E-state index is 5.48. The van der Waals surface area contributed by atoms with Crippen molar-refractivity contribution in [2.24, 2.45) is 11.3 Å². The van der Waals surface area contributed by atoms with Crippen molar-refractivity contribution in [3.05, 3.63) is 29.3 Å². The summed E-state index contributed by atoms with van der Waals surface area (Å²) in [6.07, 6.45) is 3.49. The van der Waals surface area contributed by atoms with E-state index in [4.69, 9.17) is 4.74 Å². The average Bonchev–Trinajstić information content (AvgIpc) is 2.41. The Bertz CT molecular complexity index is 424. The van der Waals surface area contributed by atoms with Crippen LogP contribution in [-0.4, -0.2) is 20.2 Å². The molecule has 120 valence electrons. The monoisotopic (exact) mass is 291 g/mol. The molecule has 0 aromatic heterocycles. The second-order valence-electron chi connectivity index (χ2n) is 7.33. The number of aryl methyl sites for hydroxylation is 2. The van der Waals surface area contributed by atoms with E-state index in [0.29, 0.717) is 5.41 Å². The summed E-state index contributed by atoms with van der Waals surface area (Å²) >= 11 is 0. The number of hydrogen-bond acceptors (Lipinski definition) is 2. The summed E-state index contributed by atoms with van der Waals surface area (Å²) in [5.41, 5.74) is 3.00. The molecule has 0 radical (unpaired) electrons. The van der Waals surface area contributed by atoms with Gasteiger partial charge in [-0.15, -0.1) is 0 Å². The highest BCUT2D eigenvalue weighted by molar-refractivity contribution is 5.37. The van der Waals surface area contributed by atoms with Gasteiger partial charge in [-0.05, 0) is 62.2 Å². The Morgan fingerprint density at radius 2 is 1.90 bits per heavy atom. The van der Waals surface area contributed by atoms with E-state index >= 15 is 0 Å². The van der Waals surface area contributed by atoms with Crippen LogP contribution < -0.4 is 10.1 Å². The molecule has 0 amide bonds.